The molecule has 2 heterocycles. The lowest BCUT2D eigenvalue weighted by atomic mass is 9.78. The SMILES string of the molecule is COC(CC1CCC(C)C(O)(C(=O)C(=O)N2CCCCC2C(=O)O)O1)/C(C)=C/C=C/C=C/C(C)CC(C)C(=O)C(OC)C(O)/C(C)=C/C(C)C(=O)CC(O)C(C)CC1CCC(OCCO)C(OC)C1. The Morgan fingerprint density at radius 2 is 1.58 bits per heavy atom. The van der Waals surface area contributed by atoms with Crippen LogP contribution < -0.4 is 0 Å². The Balaban J connectivity index is 1.50. The van der Waals surface area contributed by atoms with Crippen LogP contribution in [0.25, 0.3) is 0 Å². The summed E-state index contributed by atoms with van der Waals surface area (Å²) in [5.74, 6) is -7.74. The highest BCUT2D eigenvalue weighted by Crippen LogP contribution is 2.37. The number of aliphatic hydroxyl groups excluding tert-OH is 3. The number of carbonyl (C=O) groups is 5. The van der Waals surface area contributed by atoms with Crippen molar-refractivity contribution < 1.29 is 73.2 Å². The topological polar surface area (TPSA) is 236 Å². The van der Waals surface area contributed by atoms with Crippen molar-refractivity contribution in [3.05, 3.63) is 47.6 Å². The standard InChI is InChI=1S/C53H85NO15/c1-32(16-12-11-13-17-33(2)45(65-8)30-40-21-19-38(7)53(64,69-40)50(60)51(61)54-23-15-14-18-41(54)52(62)63)26-36(5)47(58)49(67-10)48(59)37(6)27-34(3)42(56)31-43(57)35(4)28-39-20-22-44(68-25-24-55)46(29-39)66-9/h11-13,16-17,27,32,34-36,38-41,43-46,48-49,55,57,59,64H,14-15,18-26,28-31H2,1-10H3,(H,62,63)/b13-11+,16-12+,33-17+,37-27+. The first kappa shape index (κ1) is 59.9. The molecule has 2 saturated heterocycles. The fourth-order valence-corrected chi connectivity index (χ4v) is 10.1. The number of ketones is 3. The number of carboxylic acid groups (broad SMARTS) is 1. The van der Waals surface area contributed by atoms with E-state index in [1.807, 2.05) is 51.2 Å². The second-order valence-corrected chi connectivity index (χ2v) is 20.1. The van der Waals surface area contributed by atoms with Crippen LogP contribution in [0.4, 0.5) is 0 Å². The smallest absolute Gasteiger partial charge is 0.326 e. The first-order valence-corrected chi connectivity index (χ1v) is 25.0. The Bertz CT molecular complexity index is 1790. The second-order valence-electron chi connectivity index (χ2n) is 20.1. The van der Waals surface area contributed by atoms with Crippen molar-refractivity contribution in [3.63, 3.8) is 0 Å². The predicted molar refractivity (Wildman–Crippen MR) is 260 cm³/mol. The van der Waals surface area contributed by atoms with Crippen LogP contribution in [0.5, 0.6) is 0 Å². The number of carbonyl (C=O) groups excluding carboxylic acids is 4. The van der Waals surface area contributed by atoms with Gasteiger partial charge in [-0.2, -0.15) is 0 Å². The predicted octanol–water partition coefficient (Wildman–Crippen LogP) is 5.72. The van der Waals surface area contributed by atoms with Gasteiger partial charge in [0.2, 0.25) is 5.79 Å². The lowest BCUT2D eigenvalue weighted by Crippen LogP contribution is -2.60. The number of allylic oxidation sites excluding steroid dienone is 6. The van der Waals surface area contributed by atoms with Crippen LogP contribution in [0.2, 0.25) is 0 Å². The molecule has 15 unspecified atom stereocenters. The Hall–Kier alpha value is -3.45. The summed E-state index contributed by atoms with van der Waals surface area (Å²) >= 11 is 0. The molecule has 16 heteroatoms. The number of hydrogen-bond acceptors (Lipinski definition) is 14. The van der Waals surface area contributed by atoms with Gasteiger partial charge in [0.1, 0.15) is 24.0 Å². The van der Waals surface area contributed by atoms with Gasteiger partial charge in [0.15, 0.2) is 5.78 Å². The van der Waals surface area contributed by atoms with E-state index in [0.29, 0.717) is 50.0 Å². The van der Waals surface area contributed by atoms with Crippen LogP contribution in [0.15, 0.2) is 47.6 Å². The van der Waals surface area contributed by atoms with Crippen molar-refractivity contribution in [3.8, 4) is 0 Å². The van der Waals surface area contributed by atoms with Crippen LogP contribution in [0, 0.1) is 35.5 Å². The van der Waals surface area contributed by atoms with E-state index >= 15 is 0 Å². The second kappa shape index (κ2) is 29.2. The van der Waals surface area contributed by atoms with Gasteiger partial charge in [0.05, 0.1) is 43.7 Å². The molecule has 3 fully saturated rings. The van der Waals surface area contributed by atoms with Gasteiger partial charge >= 0.3 is 5.97 Å². The number of ether oxygens (including phenoxy) is 5. The first-order chi connectivity index (χ1) is 32.6. The van der Waals surface area contributed by atoms with Crippen molar-refractivity contribution in [2.75, 3.05) is 41.1 Å². The number of nitrogens with zero attached hydrogens (tertiary/aromatic N) is 1. The number of carboxylic acids is 1. The summed E-state index contributed by atoms with van der Waals surface area (Å²) in [5, 5.41) is 52.5. The lowest BCUT2D eigenvalue weighted by molar-refractivity contribution is -0.265. The fraction of sp³-hybridized carbons (Fsp3) is 0.755. The zero-order chi connectivity index (χ0) is 51.6. The van der Waals surface area contributed by atoms with Gasteiger partial charge in [0, 0.05) is 58.5 Å². The molecule has 0 aromatic rings. The molecule has 0 aromatic carbocycles. The molecule has 392 valence electrons. The minimum absolute atomic E-state index is 0.00502. The van der Waals surface area contributed by atoms with Crippen molar-refractivity contribution in [2.45, 2.75) is 180 Å². The summed E-state index contributed by atoms with van der Waals surface area (Å²) in [6, 6.07) is -1.12. The zero-order valence-corrected chi connectivity index (χ0v) is 42.9. The van der Waals surface area contributed by atoms with Gasteiger partial charge < -0.3 is 54.1 Å². The Morgan fingerprint density at radius 3 is 2.22 bits per heavy atom. The number of piperidine rings is 1. The number of amides is 1. The third-order valence-electron chi connectivity index (χ3n) is 14.7. The summed E-state index contributed by atoms with van der Waals surface area (Å²) in [6.45, 7) is 13.0. The quantitative estimate of drug-likeness (QED) is 0.0359. The largest absolute Gasteiger partial charge is 0.480 e. The molecule has 2 aliphatic heterocycles. The summed E-state index contributed by atoms with van der Waals surface area (Å²) in [4.78, 5) is 66.4. The third kappa shape index (κ3) is 17.4. The van der Waals surface area contributed by atoms with Crippen LogP contribution in [0.1, 0.15) is 126 Å². The molecule has 5 N–H and O–H groups in total. The summed E-state index contributed by atoms with van der Waals surface area (Å²) < 4.78 is 28.7. The highest BCUT2D eigenvalue weighted by Gasteiger charge is 2.53. The fourth-order valence-electron chi connectivity index (χ4n) is 10.1. The van der Waals surface area contributed by atoms with E-state index in [9.17, 15) is 44.4 Å². The van der Waals surface area contributed by atoms with E-state index in [0.717, 1.165) is 36.2 Å². The molecule has 3 aliphatic rings. The highest BCUT2D eigenvalue weighted by molar-refractivity contribution is 6.39. The maximum Gasteiger partial charge on any atom is 0.326 e. The average Bonchev–Trinajstić information content (AvgIpc) is 3.32. The molecule has 0 spiro atoms. The van der Waals surface area contributed by atoms with Gasteiger partial charge in [0.25, 0.3) is 11.7 Å². The Morgan fingerprint density at radius 1 is 0.870 bits per heavy atom. The van der Waals surface area contributed by atoms with Crippen molar-refractivity contribution in [1.29, 1.82) is 0 Å². The highest BCUT2D eigenvalue weighted by atomic mass is 16.6. The summed E-state index contributed by atoms with van der Waals surface area (Å²) in [7, 11) is 4.58. The van der Waals surface area contributed by atoms with E-state index < -0.39 is 77.8 Å². The molecule has 69 heavy (non-hydrogen) atoms. The monoisotopic (exact) mass is 976 g/mol. The summed E-state index contributed by atoms with van der Waals surface area (Å²) in [6.07, 6.45) is 13.0. The van der Waals surface area contributed by atoms with Crippen LogP contribution in [0.3, 0.4) is 0 Å². The van der Waals surface area contributed by atoms with Gasteiger partial charge in [-0.05, 0) is 107 Å². The van der Waals surface area contributed by atoms with Crippen molar-refractivity contribution in [2.24, 2.45) is 35.5 Å². The number of aliphatic carboxylic acids is 1. The van der Waals surface area contributed by atoms with E-state index in [2.05, 4.69) is 0 Å². The van der Waals surface area contributed by atoms with Gasteiger partial charge in [-0.1, -0.05) is 71.1 Å². The number of Topliss-reactive ketones (excluding diaryl/α,β-unsaturated/α-hetero) is 3. The Labute approximate surface area is 410 Å². The number of likely N-dealkylation sites (tertiary alicyclic amines) is 1. The molecule has 0 aromatic heterocycles. The van der Waals surface area contributed by atoms with Gasteiger partial charge in [-0.3, -0.25) is 19.2 Å². The molecule has 16 nitrogen and oxygen atoms in total. The van der Waals surface area contributed by atoms with Gasteiger partial charge in [-0.15, -0.1) is 0 Å². The van der Waals surface area contributed by atoms with Crippen LogP contribution in [-0.2, 0) is 47.7 Å². The molecule has 0 radical (unpaired) electrons. The molecular formula is C53H85NO15. The minimum atomic E-state index is -2.39. The Kier molecular flexibility index (Phi) is 25.3. The van der Waals surface area contributed by atoms with E-state index in [1.165, 1.54) is 7.11 Å². The number of hydrogen-bond donors (Lipinski definition) is 5. The molecule has 1 saturated carbocycles. The van der Waals surface area contributed by atoms with E-state index in [1.54, 1.807) is 48.0 Å². The number of rotatable bonds is 28. The minimum Gasteiger partial charge on any atom is -0.480 e. The molecule has 1 aliphatic carbocycles. The number of aliphatic hydroxyl groups is 4. The van der Waals surface area contributed by atoms with Crippen LogP contribution >= 0.6 is 0 Å². The third-order valence-corrected chi connectivity index (χ3v) is 14.7. The lowest BCUT2D eigenvalue weighted by Gasteiger charge is -2.42. The maximum absolute atomic E-state index is 13.6. The van der Waals surface area contributed by atoms with Crippen LogP contribution in [-0.4, -0.2) is 155 Å². The number of methoxy groups -OCH3 is 3. The summed E-state index contributed by atoms with van der Waals surface area (Å²) in [5.41, 5.74) is 1.29. The van der Waals surface area contributed by atoms with Crippen molar-refractivity contribution >= 4 is 29.2 Å². The molecule has 0 bridgehead atoms. The molecule has 3 rings (SSSR count). The molecular weight excluding hydrogens is 891 g/mol. The zero-order valence-electron chi connectivity index (χ0n) is 42.9. The first-order valence-electron chi connectivity index (χ1n) is 25.0. The van der Waals surface area contributed by atoms with Gasteiger partial charge in [-0.25, -0.2) is 4.79 Å². The average molecular weight is 976 g/mol. The molecule has 1 amide bonds. The van der Waals surface area contributed by atoms with E-state index in [4.69, 9.17) is 28.8 Å². The molecule has 15 atom stereocenters. The van der Waals surface area contributed by atoms with E-state index in [-0.39, 0.29) is 68.2 Å². The van der Waals surface area contributed by atoms with Crippen molar-refractivity contribution in [1.82, 2.24) is 4.90 Å². The normalized spacial score (nSPS) is 28.7. The maximum atomic E-state index is 13.6.